The highest BCUT2D eigenvalue weighted by molar-refractivity contribution is 5.95. The van der Waals surface area contributed by atoms with Crippen LogP contribution in [0.4, 0.5) is 5.69 Å². The van der Waals surface area contributed by atoms with E-state index >= 15 is 0 Å². The van der Waals surface area contributed by atoms with Gasteiger partial charge in [0.2, 0.25) is 5.91 Å². The molecule has 1 aromatic heterocycles. The van der Waals surface area contributed by atoms with Gasteiger partial charge in [0, 0.05) is 62.0 Å². The molecule has 0 unspecified atom stereocenters. The molecular formula is C19H24N4O2. The Kier molecular flexibility index (Phi) is 4.88. The maximum Gasteiger partial charge on any atom is 0.253 e. The highest BCUT2D eigenvalue weighted by Gasteiger charge is 2.31. The molecule has 0 atom stereocenters. The molecule has 25 heavy (non-hydrogen) atoms. The lowest BCUT2D eigenvalue weighted by molar-refractivity contribution is -0.114. The molecule has 1 aliphatic heterocycles. The van der Waals surface area contributed by atoms with Crippen molar-refractivity contribution in [2.24, 2.45) is 5.92 Å². The quantitative estimate of drug-likeness (QED) is 0.910. The zero-order valence-corrected chi connectivity index (χ0v) is 14.9. The topological polar surface area (TPSA) is 67.2 Å². The molecule has 6 heteroatoms. The second kappa shape index (κ2) is 7.09. The number of carbonyl (C=O) groups is 2. The van der Waals surface area contributed by atoms with E-state index in [1.807, 2.05) is 17.3 Å². The Hall–Kier alpha value is -2.63. The van der Waals surface area contributed by atoms with Gasteiger partial charge in [-0.3, -0.25) is 9.59 Å². The van der Waals surface area contributed by atoms with Crippen molar-refractivity contribution in [1.29, 1.82) is 0 Å². The first kappa shape index (κ1) is 17.2. The van der Waals surface area contributed by atoms with Gasteiger partial charge in [-0.2, -0.15) is 0 Å². The molecule has 0 radical (unpaired) electrons. The number of amides is 2. The highest BCUT2D eigenvalue weighted by atomic mass is 16.2. The number of imidazole rings is 1. The molecule has 2 amide bonds. The highest BCUT2D eigenvalue weighted by Crippen LogP contribution is 2.23. The Morgan fingerprint density at radius 2 is 1.92 bits per heavy atom. The summed E-state index contributed by atoms with van der Waals surface area (Å²) in [5, 5.41) is 2.70. The molecule has 0 bridgehead atoms. The molecule has 2 heterocycles. The van der Waals surface area contributed by atoms with Crippen molar-refractivity contribution < 1.29 is 9.59 Å². The van der Waals surface area contributed by atoms with E-state index in [0.717, 1.165) is 25.5 Å². The van der Waals surface area contributed by atoms with E-state index in [1.54, 1.807) is 24.3 Å². The van der Waals surface area contributed by atoms with Gasteiger partial charge < -0.3 is 14.8 Å². The molecule has 0 spiro atoms. The third kappa shape index (κ3) is 3.90. The van der Waals surface area contributed by atoms with Gasteiger partial charge in [-0.15, -0.1) is 0 Å². The minimum atomic E-state index is -0.120. The number of nitrogens with zero attached hydrogens (tertiary/aromatic N) is 3. The van der Waals surface area contributed by atoms with E-state index in [4.69, 9.17) is 0 Å². The molecule has 1 N–H and O–H groups in total. The molecule has 1 fully saturated rings. The van der Waals surface area contributed by atoms with Gasteiger partial charge in [0.1, 0.15) is 5.82 Å². The Labute approximate surface area is 147 Å². The van der Waals surface area contributed by atoms with Crippen molar-refractivity contribution in [1.82, 2.24) is 14.5 Å². The minimum Gasteiger partial charge on any atom is -0.338 e. The number of aromatic nitrogens is 2. The molecule has 2 aromatic rings. The maximum atomic E-state index is 12.5. The number of anilines is 1. The van der Waals surface area contributed by atoms with Crippen LogP contribution >= 0.6 is 0 Å². The minimum absolute atomic E-state index is 0.0420. The van der Waals surface area contributed by atoms with Crippen LogP contribution in [-0.2, 0) is 11.3 Å². The van der Waals surface area contributed by atoms with Crippen molar-refractivity contribution in [2.45, 2.75) is 33.2 Å². The average molecular weight is 340 g/mol. The molecular weight excluding hydrogens is 316 g/mol. The normalized spacial score (nSPS) is 14.5. The molecule has 1 saturated heterocycles. The van der Waals surface area contributed by atoms with Gasteiger partial charge in [-0.1, -0.05) is 13.8 Å². The molecule has 3 rings (SSSR count). The standard InChI is InChI=1S/C19H24N4O2/c1-13(2)18-20-8-9-22(18)10-15-11-23(12-15)19(25)16-4-6-17(7-5-16)21-14(3)24/h4-9,13,15H,10-12H2,1-3H3,(H,21,24). The van der Waals surface area contributed by atoms with Gasteiger partial charge in [0.25, 0.3) is 5.91 Å². The Morgan fingerprint density at radius 1 is 1.24 bits per heavy atom. The third-order valence-electron chi connectivity index (χ3n) is 4.42. The predicted molar refractivity (Wildman–Crippen MR) is 96.5 cm³/mol. The lowest BCUT2D eigenvalue weighted by atomic mass is 9.98. The number of hydrogen-bond acceptors (Lipinski definition) is 3. The van der Waals surface area contributed by atoms with Crippen molar-refractivity contribution in [3.63, 3.8) is 0 Å². The van der Waals surface area contributed by atoms with E-state index < -0.39 is 0 Å². The first-order chi connectivity index (χ1) is 11.9. The third-order valence-corrected chi connectivity index (χ3v) is 4.42. The van der Waals surface area contributed by atoms with E-state index in [0.29, 0.717) is 23.1 Å². The Balaban J connectivity index is 1.54. The number of benzene rings is 1. The van der Waals surface area contributed by atoms with E-state index in [-0.39, 0.29) is 11.8 Å². The van der Waals surface area contributed by atoms with Crippen LogP contribution in [0.3, 0.4) is 0 Å². The van der Waals surface area contributed by atoms with Gasteiger partial charge in [0.05, 0.1) is 0 Å². The first-order valence-electron chi connectivity index (χ1n) is 8.62. The average Bonchev–Trinajstić information content (AvgIpc) is 2.98. The maximum absolute atomic E-state index is 12.5. The fraction of sp³-hybridized carbons (Fsp3) is 0.421. The monoisotopic (exact) mass is 340 g/mol. The lowest BCUT2D eigenvalue weighted by Gasteiger charge is -2.39. The second-order valence-corrected chi connectivity index (χ2v) is 6.93. The van der Waals surface area contributed by atoms with Gasteiger partial charge in [0.15, 0.2) is 0 Å². The number of carbonyl (C=O) groups excluding carboxylic acids is 2. The van der Waals surface area contributed by atoms with Gasteiger partial charge in [-0.05, 0) is 24.3 Å². The van der Waals surface area contributed by atoms with Crippen molar-refractivity contribution in [3.05, 3.63) is 48.0 Å². The number of likely N-dealkylation sites (tertiary alicyclic amines) is 1. The van der Waals surface area contributed by atoms with E-state index in [2.05, 4.69) is 28.7 Å². The molecule has 1 aromatic carbocycles. The summed E-state index contributed by atoms with van der Waals surface area (Å²) in [5.74, 6) is 1.88. The van der Waals surface area contributed by atoms with E-state index in [1.165, 1.54) is 6.92 Å². The zero-order valence-electron chi connectivity index (χ0n) is 14.9. The van der Waals surface area contributed by atoms with Crippen LogP contribution in [0, 0.1) is 5.92 Å². The van der Waals surface area contributed by atoms with Crippen LogP contribution in [0.15, 0.2) is 36.7 Å². The lowest BCUT2D eigenvalue weighted by Crippen LogP contribution is -2.51. The van der Waals surface area contributed by atoms with Crippen LogP contribution in [0.2, 0.25) is 0 Å². The van der Waals surface area contributed by atoms with Crippen molar-refractivity contribution in [2.75, 3.05) is 18.4 Å². The molecule has 0 aliphatic carbocycles. The molecule has 1 aliphatic rings. The van der Waals surface area contributed by atoms with Crippen LogP contribution in [-0.4, -0.2) is 39.4 Å². The van der Waals surface area contributed by atoms with Crippen LogP contribution in [0.25, 0.3) is 0 Å². The molecule has 132 valence electrons. The SMILES string of the molecule is CC(=O)Nc1ccc(C(=O)N2CC(Cn3ccnc3C(C)C)C2)cc1. The van der Waals surface area contributed by atoms with Crippen LogP contribution in [0.5, 0.6) is 0 Å². The van der Waals surface area contributed by atoms with Crippen LogP contribution in [0.1, 0.15) is 42.9 Å². The number of nitrogens with one attached hydrogen (secondary N) is 1. The summed E-state index contributed by atoms with van der Waals surface area (Å²) in [5.41, 5.74) is 1.35. The fourth-order valence-corrected chi connectivity index (χ4v) is 3.19. The largest absolute Gasteiger partial charge is 0.338 e. The Bertz CT molecular complexity index is 758. The van der Waals surface area contributed by atoms with Gasteiger partial charge >= 0.3 is 0 Å². The summed E-state index contributed by atoms with van der Waals surface area (Å²) in [6, 6.07) is 7.03. The molecule has 6 nitrogen and oxygen atoms in total. The molecule has 0 saturated carbocycles. The summed E-state index contributed by atoms with van der Waals surface area (Å²) >= 11 is 0. The summed E-state index contributed by atoms with van der Waals surface area (Å²) in [6.07, 6.45) is 3.86. The van der Waals surface area contributed by atoms with Gasteiger partial charge in [-0.25, -0.2) is 4.98 Å². The zero-order chi connectivity index (χ0) is 18.0. The summed E-state index contributed by atoms with van der Waals surface area (Å²) in [4.78, 5) is 29.8. The summed E-state index contributed by atoms with van der Waals surface area (Å²) < 4.78 is 2.19. The Morgan fingerprint density at radius 3 is 2.52 bits per heavy atom. The summed E-state index contributed by atoms with van der Waals surface area (Å²) in [7, 11) is 0. The first-order valence-corrected chi connectivity index (χ1v) is 8.62. The second-order valence-electron chi connectivity index (χ2n) is 6.93. The fourth-order valence-electron chi connectivity index (χ4n) is 3.19. The van der Waals surface area contributed by atoms with Crippen molar-refractivity contribution in [3.8, 4) is 0 Å². The smallest absolute Gasteiger partial charge is 0.253 e. The summed E-state index contributed by atoms with van der Waals surface area (Å²) in [6.45, 7) is 8.17. The van der Waals surface area contributed by atoms with Crippen molar-refractivity contribution >= 4 is 17.5 Å². The predicted octanol–water partition coefficient (Wildman–Crippen LogP) is 2.74. The number of rotatable bonds is 5. The van der Waals surface area contributed by atoms with Crippen LogP contribution < -0.4 is 5.32 Å². The number of hydrogen-bond donors (Lipinski definition) is 1. The van der Waals surface area contributed by atoms with E-state index in [9.17, 15) is 9.59 Å².